The first-order valence-corrected chi connectivity index (χ1v) is 4.02. The van der Waals surface area contributed by atoms with E-state index in [0.29, 0.717) is 13.2 Å². The van der Waals surface area contributed by atoms with E-state index in [1.165, 1.54) is 0 Å². The van der Waals surface area contributed by atoms with Crippen LogP contribution in [0.5, 0.6) is 0 Å². The summed E-state index contributed by atoms with van der Waals surface area (Å²) in [7, 11) is 0. The molecule has 12 heavy (non-hydrogen) atoms. The molecule has 0 rings (SSSR count). The molecule has 0 saturated carbocycles. The summed E-state index contributed by atoms with van der Waals surface area (Å²) < 4.78 is 9.25. The largest absolute Gasteiger partial charge is 0.466 e. The lowest BCUT2D eigenvalue weighted by Gasteiger charge is -2.01. The smallest absolute Gasteiger partial charge is 0.306 e. The van der Waals surface area contributed by atoms with Crippen molar-refractivity contribution in [2.45, 2.75) is 26.7 Å². The van der Waals surface area contributed by atoms with Crippen LogP contribution in [0.1, 0.15) is 26.7 Å². The number of esters is 2. The predicted octanol–water partition coefficient (Wildman–Crippen LogP) is 0.893. The van der Waals surface area contributed by atoms with Crippen molar-refractivity contribution < 1.29 is 19.1 Å². The molecule has 0 aromatic rings. The summed E-state index contributed by atoms with van der Waals surface area (Å²) in [6, 6.07) is 0. The zero-order chi connectivity index (χ0) is 9.40. The van der Waals surface area contributed by atoms with Crippen molar-refractivity contribution >= 4 is 11.9 Å². The van der Waals surface area contributed by atoms with Gasteiger partial charge in [-0.2, -0.15) is 0 Å². The standard InChI is InChI=1S/C8H14O4/c1-3-11-7(9)5-6-8(10)12-4-2/h3-6H2,1-2H3/i5+1,6+1. The fourth-order valence-electron chi connectivity index (χ4n) is 0.670. The molecule has 0 aromatic carbocycles. The fourth-order valence-corrected chi connectivity index (χ4v) is 0.670. The Kier molecular flexibility index (Phi) is 6.05. The molecule has 0 spiro atoms. The van der Waals surface area contributed by atoms with E-state index in [4.69, 9.17) is 0 Å². The molecule has 0 amide bonds. The number of hydrogen-bond donors (Lipinski definition) is 0. The summed E-state index contributed by atoms with van der Waals surface area (Å²) in [5, 5.41) is 0. The monoisotopic (exact) mass is 176 g/mol. The molecule has 4 nitrogen and oxygen atoms in total. The van der Waals surface area contributed by atoms with Gasteiger partial charge in [0.2, 0.25) is 0 Å². The molecule has 0 aliphatic carbocycles. The first kappa shape index (κ1) is 10.9. The summed E-state index contributed by atoms with van der Waals surface area (Å²) in [6.07, 6.45) is 0.208. The van der Waals surface area contributed by atoms with Gasteiger partial charge < -0.3 is 9.47 Å². The summed E-state index contributed by atoms with van der Waals surface area (Å²) in [6.45, 7) is 4.15. The van der Waals surface area contributed by atoms with E-state index in [2.05, 4.69) is 9.47 Å². The highest BCUT2D eigenvalue weighted by molar-refractivity contribution is 5.77. The Morgan fingerprint density at radius 2 is 1.25 bits per heavy atom. The van der Waals surface area contributed by atoms with Crippen LogP contribution in [0.15, 0.2) is 0 Å². The minimum atomic E-state index is -0.356. The van der Waals surface area contributed by atoms with Crippen molar-refractivity contribution in [1.29, 1.82) is 0 Å². The van der Waals surface area contributed by atoms with Crippen LogP contribution in [-0.2, 0) is 19.1 Å². The van der Waals surface area contributed by atoms with Crippen molar-refractivity contribution in [2.75, 3.05) is 13.2 Å². The summed E-state index contributed by atoms with van der Waals surface area (Å²) in [4.78, 5) is 21.4. The van der Waals surface area contributed by atoms with Crippen LogP contribution in [0.3, 0.4) is 0 Å². The average molecular weight is 176 g/mol. The SMILES string of the molecule is CCOC(=O)[13CH2][13CH2]C(=O)OCC. The van der Waals surface area contributed by atoms with Crippen LogP contribution < -0.4 is 0 Å². The van der Waals surface area contributed by atoms with Gasteiger partial charge in [-0.15, -0.1) is 0 Å². The molecular formula is C8H14O4. The van der Waals surface area contributed by atoms with Crippen molar-refractivity contribution in [3.8, 4) is 0 Å². The third-order valence-corrected chi connectivity index (χ3v) is 1.14. The van der Waals surface area contributed by atoms with Gasteiger partial charge in [-0.1, -0.05) is 0 Å². The fraction of sp³-hybridized carbons (Fsp3) is 0.750. The first-order valence-electron chi connectivity index (χ1n) is 4.02. The van der Waals surface area contributed by atoms with Crippen molar-refractivity contribution in [3.63, 3.8) is 0 Å². The number of carbonyl (C=O) groups excluding carboxylic acids is 2. The van der Waals surface area contributed by atoms with E-state index in [1.807, 2.05) is 0 Å². The molecule has 0 aromatic heterocycles. The molecule has 4 heteroatoms. The molecule has 0 aliphatic rings. The van der Waals surface area contributed by atoms with Gasteiger partial charge in [0.25, 0.3) is 0 Å². The summed E-state index contributed by atoms with van der Waals surface area (Å²) in [5.74, 6) is -0.712. The second-order valence-corrected chi connectivity index (χ2v) is 2.11. The van der Waals surface area contributed by atoms with Gasteiger partial charge in [-0.25, -0.2) is 0 Å². The lowest BCUT2D eigenvalue weighted by Crippen LogP contribution is -2.09. The Morgan fingerprint density at radius 3 is 1.50 bits per heavy atom. The molecule has 0 heterocycles. The van der Waals surface area contributed by atoms with Crippen LogP contribution in [0, 0.1) is 0 Å². The molecule has 0 unspecified atom stereocenters. The maximum absolute atomic E-state index is 10.7. The zero-order valence-corrected chi connectivity index (χ0v) is 7.46. The lowest BCUT2D eigenvalue weighted by molar-refractivity contribution is -0.149. The van der Waals surface area contributed by atoms with E-state index in [9.17, 15) is 9.59 Å². The highest BCUT2D eigenvalue weighted by atomic mass is 16.5. The Hall–Kier alpha value is -1.06. The van der Waals surface area contributed by atoms with Crippen molar-refractivity contribution in [2.24, 2.45) is 0 Å². The first-order chi connectivity index (χ1) is 5.70. The minimum Gasteiger partial charge on any atom is -0.466 e. The molecule has 0 atom stereocenters. The Bertz CT molecular complexity index is 135. The number of ether oxygens (including phenoxy) is 2. The average Bonchev–Trinajstić information content (AvgIpc) is 2.02. The predicted molar refractivity (Wildman–Crippen MR) is 42.5 cm³/mol. The van der Waals surface area contributed by atoms with Gasteiger partial charge in [-0.3, -0.25) is 9.59 Å². The van der Waals surface area contributed by atoms with E-state index >= 15 is 0 Å². The quantitative estimate of drug-likeness (QED) is 0.461. The molecular weight excluding hydrogens is 162 g/mol. The molecule has 0 aliphatic heterocycles. The third kappa shape index (κ3) is 5.70. The normalized spacial score (nSPS) is 9.17. The van der Waals surface area contributed by atoms with Crippen molar-refractivity contribution in [3.05, 3.63) is 0 Å². The third-order valence-electron chi connectivity index (χ3n) is 1.14. The summed E-state index contributed by atoms with van der Waals surface area (Å²) in [5.41, 5.74) is 0. The molecule has 0 saturated heterocycles. The van der Waals surface area contributed by atoms with E-state index < -0.39 is 0 Å². The maximum atomic E-state index is 10.7. The molecule has 70 valence electrons. The zero-order valence-electron chi connectivity index (χ0n) is 7.46. The van der Waals surface area contributed by atoms with Gasteiger partial charge in [0.1, 0.15) is 0 Å². The Balaban J connectivity index is 3.40. The molecule has 0 bridgehead atoms. The van der Waals surface area contributed by atoms with Crippen LogP contribution in [0.4, 0.5) is 0 Å². The van der Waals surface area contributed by atoms with Crippen LogP contribution >= 0.6 is 0 Å². The van der Waals surface area contributed by atoms with E-state index in [0.717, 1.165) is 0 Å². The number of carbonyl (C=O) groups is 2. The number of rotatable bonds is 5. The van der Waals surface area contributed by atoms with E-state index in [-0.39, 0.29) is 24.8 Å². The van der Waals surface area contributed by atoms with Gasteiger partial charge in [0.05, 0.1) is 26.1 Å². The van der Waals surface area contributed by atoms with Crippen LogP contribution in [-0.4, -0.2) is 25.2 Å². The minimum absolute atomic E-state index is 0.104. The molecule has 0 N–H and O–H groups in total. The van der Waals surface area contributed by atoms with Gasteiger partial charge >= 0.3 is 11.9 Å². The lowest BCUT2D eigenvalue weighted by atomic mass is 10.8. The molecule has 0 fully saturated rings. The topological polar surface area (TPSA) is 52.6 Å². The van der Waals surface area contributed by atoms with Gasteiger partial charge in [0, 0.05) is 0 Å². The Labute approximate surface area is 71.8 Å². The Morgan fingerprint density at radius 1 is 0.917 bits per heavy atom. The van der Waals surface area contributed by atoms with Crippen LogP contribution in [0.25, 0.3) is 0 Å². The molecule has 0 radical (unpaired) electrons. The second-order valence-electron chi connectivity index (χ2n) is 2.11. The number of hydrogen-bond acceptors (Lipinski definition) is 4. The van der Waals surface area contributed by atoms with Gasteiger partial charge in [-0.05, 0) is 13.8 Å². The highest BCUT2D eigenvalue weighted by Crippen LogP contribution is 1.95. The van der Waals surface area contributed by atoms with Crippen molar-refractivity contribution in [1.82, 2.24) is 0 Å². The summed E-state index contributed by atoms with van der Waals surface area (Å²) >= 11 is 0. The van der Waals surface area contributed by atoms with E-state index in [1.54, 1.807) is 13.8 Å². The van der Waals surface area contributed by atoms with Crippen LogP contribution in [0.2, 0.25) is 0 Å². The second kappa shape index (κ2) is 6.64. The maximum Gasteiger partial charge on any atom is 0.306 e. The highest BCUT2D eigenvalue weighted by Gasteiger charge is 2.06. The van der Waals surface area contributed by atoms with Gasteiger partial charge in [0.15, 0.2) is 0 Å².